The van der Waals surface area contributed by atoms with Gasteiger partial charge in [-0.1, -0.05) is 12.1 Å². The van der Waals surface area contributed by atoms with Crippen LogP contribution >= 0.6 is 24.0 Å². The van der Waals surface area contributed by atoms with Crippen molar-refractivity contribution < 1.29 is 9.15 Å². The molecule has 0 radical (unpaired) electrons. The van der Waals surface area contributed by atoms with Crippen molar-refractivity contribution in [3.8, 4) is 5.75 Å². The number of rotatable bonds is 9. The lowest BCUT2D eigenvalue weighted by Crippen LogP contribution is -2.39. The fourth-order valence-corrected chi connectivity index (χ4v) is 2.85. The second-order valence-corrected chi connectivity index (χ2v) is 6.70. The molecule has 0 amide bonds. The van der Waals surface area contributed by atoms with Crippen LogP contribution in [0.25, 0.3) is 0 Å². The van der Waals surface area contributed by atoms with Gasteiger partial charge in [0, 0.05) is 13.1 Å². The van der Waals surface area contributed by atoms with Gasteiger partial charge in [-0.2, -0.15) is 0 Å². The third-order valence-electron chi connectivity index (χ3n) is 4.44. The molecule has 2 aromatic rings. The normalized spacial score (nSPS) is 12.4. The molecule has 0 spiro atoms. The number of likely N-dealkylation sites (N-methyl/N-ethyl adjacent to an activating group) is 1. The van der Waals surface area contributed by atoms with Crippen LogP contribution in [0.1, 0.15) is 29.9 Å². The number of hydrogen-bond donors (Lipinski definition) is 2. The van der Waals surface area contributed by atoms with Crippen molar-refractivity contribution in [3.63, 3.8) is 0 Å². The first-order chi connectivity index (χ1) is 13.0. The minimum Gasteiger partial charge on any atom is -0.496 e. The van der Waals surface area contributed by atoms with Gasteiger partial charge in [0.2, 0.25) is 0 Å². The summed E-state index contributed by atoms with van der Waals surface area (Å²) in [5, 5.41) is 6.71. The number of guanidine groups is 1. The first-order valence-corrected chi connectivity index (χ1v) is 9.40. The third-order valence-corrected chi connectivity index (χ3v) is 4.44. The van der Waals surface area contributed by atoms with E-state index in [1.165, 1.54) is 5.56 Å². The highest BCUT2D eigenvalue weighted by Crippen LogP contribution is 2.19. The minimum absolute atomic E-state index is 0. The Labute approximate surface area is 185 Å². The summed E-state index contributed by atoms with van der Waals surface area (Å²) in [4.78, 5) is 6.85. The topological polar surface area (TPSA) is 62.0 Å². The summed E-state index contributed by atoms with van der Waals surface area (Å²) in [6.45, 7) is 6.35. The molecule has 0 aliphatic heterocycles. The Morgan fingerprint density at radius 1 is 1.25 bits per heavy atom. The number of ether oxygens (including phenoxy) is 1. The number of nitrogens with zero attached hydrogens (tertiary/aromatic N) is 2. The number of aliphatic imine (C=N–C) groups is 1. The predicted molar refractivity (Wildman–Crippen MR) is 126 cm³/mol. The number of hydrogen-bond acceptors (Lipinski definition) is 4. The Kier molecular flexibility index (Phi) is 11.0. The molecule has 0 aliphatic rings. The van der Waals surface area contributed by atoms with Crippen LogP contribution in [0, 0.1) is 6.92 Å². The van der Waals surface area contributed by atoms with E-state index in [0.29, 0.717) is 6.54 Å². The van der Waals surface area contributed by atoms with Crippen molar-refractivity contribution in [3.05, 3.63) is 53.5 Å². The van der Waals surface area contributed by atoms with Crippen LogP contribution in [0.3, 0.4) is 0 Å². The highest BCUT2D eigenvalue weighted by atomic mass is 127. The summed E-state index contributed by atoms with van der Waals surface area (Å²) < 4.78 is 11.0. The van der Waals surface area contributed by atoms with Gasteiger partial charge in [-0.3, -0.25) is 9.89 Å². The average Bonchev–Trinajstić information content (AvgIpc) is 3.17. The van der Waals surface area contributed by atoms with Gasteiger partial charge in [0.25, 0.3) is 0 Å². The maximum atomic E-state index is 5.56. The van der Waals surface area contributed by atoms with Crippen LogP contribution in [-0.4, -0.2) is 51.7 Å². The fourth-order valence-electron chi connectivity index (χ4n) is 2.85. The first kappa shape index (κ1) is 24.3. The van der Waals surface area contributed by atoms with E-state index in [9.17, 15) is 0 Å². The van der Waals surface area contributed by atoms with E-state index < -0.39 is 0 Å². The number of benzene rings is 1. The lowest BCUT2D eigenvalue weighted by molar-refractivity contribution is 0.265. The lowest BCUT2D eigenvalue weighted by Gasteiger charge is -2.21. The molecule has 1 aromatic carbocycles. The van der Waals surface area contributed by atoms with Crippen LogP contribution < -0.4 is 15.4 Å². The predicted octanol–water partition coefficient (Wildman–Crippen LogP) is 3.62. The molecule has 28 heavy (non-hydrogen) atoms. The maximum absolute atomic E-state index is 5.56. The second kappa shape index (κ2) is 12.7. The Morgan fingerprint density at radius 2 is 2.04 bits per heavy atom. The molecular weight excluding hydrogens is 467 g/mol. The van der Waals surface area contributed by atoms with Crippen LogP contribution in [-0.2, 0) is 6.42 Å². The fraction of sp³-hybridized carbons (Fsp3) is 0.476. The largest absolute Gasteiger partial charge is 0.496 e. The summed E-state index contributed by atoms with van der Waals surface area (Å²) in [7, 11) is 5.78. The number of methoxy groups -OCH3 is 1. The smallest absolute Gasteiger partial charge is 0.191 e. The molecular formula is C21H33IN4O2. The Morgan fingerprint density at radius 3 is 2.64 bits per heavy atom. The molecule has 156 valence electrons. The molecule has 0 bridgehead atoms. The van der Waals surface area contributed by atoms with E-state index in [0.717, 1.165) is 42.5 Å². The number of nitrogens with one attached hydrogen (secondary N) is 2. The van der Waals surface area contributed by atoms with Gasteiger partial charge < -0.3 is 19.8 Å². The van der Waals surface area contributed by atoms with Crippen molar-refractivity contribution in [1.82, 2.24) is 15.5 Å². The molecule has 2 N–H and O–H groups in total. The molecule has 0 aliphatic carbocycles. The quantitative estimate of drug-likeness (QED) is 0.313. The third kappa shape index (κ3) is 7.35. The van der Waals surface area contributed by atoms with Crippen molar-refractivity contribution in [1.29, 1.82) is 0 Å². The highest BCUT2D eigenvalue weighted by molar-refractivity contribution is 14.0. The summed E-state index contributed by atoms with van der Waals surface area (Å²) in [6.07, 6.45) is 2.60. The van der Waals surface area contributed by atoms with Gasteiger partial charge in [-0.15, -0.1) is 24.0 Å². The zero-order valence-electron chi connectivity index (χ0n) is 17.5. The molecule has 0 fully saturated rings. The monoisotopic (exact) mass is 500 g/mol. The lowest BCUT2D eigenvalue weighted by atomic mass is 10.1. The standard InChI is InChI=1S/C21H32N4O2.HI/c1-6-22-21(24-15-18(25(3)4)19-8-7-13-27-19)23-12-11-17-10-9-16(2)20(14-17)26-5;/h7-10,13-14,18H,6,11-12,15H2,1-5H3,(H2,22,23,24);1H. The molecule has 0 saturated carbocycles. The van der Waals surface area contributed by atoms with Crippen molar-refractivity contribution in [2.75, 3.05) is 40.8 Å². The number of halogens is 1. The van der Waals surface area contributed by atoms with Gasteiger partial charge in [0.05, 0.1) is 26.0 Å². The zero-order chi connectivity index (χ0) is 19.6. The first-order valence-electron chi connectivity index (χ1n) is 9.40. The van der Waals surface area contributed by atoms with Crippen molar-refractivity contribution in [2.24, 2.45) is 4.99 Å². The SMILES string of the molecule is CCNC(=NCC(c1ccco1)N(C)C)NCCc1ccc(C)c(OC)c1.I. The van der Waals surface area contributed by atoms with Crippen LogP contribution in [0.5, 0.6) is 5.75 Å². The van der Waals surface area contributed by atoms with E-state index in [2.05, 4.69) is 47.6 Å². The minimum atomic E-state index is 0. The van der Waals surface area contributed by atoms with Gasteiger partial charge in [-0.05, 0) is 63.7 Å². The number of aryl methyl sites for hydroxylation is 1. The molecule has 1 heterocycles. The van der Waals surface area contributed by atoms with Gasteiger partial charge in [0.1, 0.15) is 11.5 Å². The second-order valence-electron chi connectivity index (χ2n) is 6.70. The van der Waals surface area contributed by atoms with E-state index in [-0.39, 0.29) is 30.0 Å². The molecule has 2 rings (SSSR count). The maximum Gasteiger partial charge on any atom is 0.191 e. The van der Waals surface area contributed by atoms with Gasteiger partial charge in [0.15, 0.2) is 5.96 Å². The Bertz CT molecular complexity index is 717. The molecule has 7 heteroatoms. The van der Waals surface area contributed by atoms with Gasteiger partial charge >= 0.3 is 0 Å². The van der Waals surface area contributed by atoms with E-state index in [1.54, 1.807) is 13.4 Å². The zero-order valence-corrected chi connectivity index (χ0v) is 19.8. The molecule has 1 atom stereocenters. The van der Waals surface area contributed by atoms with E-state index in [4.69, 9.17) is 14.1 Å². The van der Waals surface area contributed by atoms with E-state index >= 15 is 0 Å². The molecule has 0 saturated heterocycles. The van der Waals surface area contributed by atoms with Gasteiger partial charge in [-0.25, -0.2) is 0 Å². The molecule has 1 aromatic heterocycles. The average molecular weight is 500 g/mol. The van der Waals surface area contributed by atoms with Crippen molar-refractivity contribution >= 4 is 29.9 Å². The highest BCUT2D eigenvalue weighted by Gasteiger charge is 2.16. The summed E-state index contributed by atoms with van der Waals surface area (Å²) >= 11 is 0. The molecule has 6 nitrogen and oxygen atoms in total. The summed E-state index contributed by atoms with van der Waals surface area (Å²) in [5.74, 6) is 2.67. The Balaban J connectivity index is 0.00000392. The van der Waals surface area contributed by atoms with Crippen LogP contribution in [0.15, 0.2) is 46.0 Å². The summed E-state index contributed by atoms with van der Waals surface area (Å²) in [5.41, 5.74) is 2.39. The number of furan rings is 1. The molecule has 1 unspecified atom stereocenters. The van der Waals surface area contributed by atoms with Crippen LogP contribution in [0.2, 0.25) is 0 Å². The van der Waals surface area contributed by atoms with E-state index in [1.807, 2.05) is 26.2 Å². The van der Waals surface area contributed by atoms with Crippen LogP contribution in [0.4, 0.5) is 0 Å². The Hall–Kier alpha value is -1.74. The van der Waals surface area contributed by atoms with Crippen molar-refractivity contribution in [2.45, 2.75) is 26.3 Å². The summed E-state index contributed by atoms with van der Waals surface area (Å²) in [6, 6.07) is 10.3.